The number of thiazole rings is 1. The van der Waals surface area contributed by atoms with Gasteiger partial charge in [-0.2, -0.15) is 0 Å². The first-order valence-corrected chi connectivity index (χ1v) is 12.7. The highest BCUT2D eigenvalue weighted by Gasteiger charge is 2.22. The molecule has 1 saturated heterocycles. The number of benzene rings is 1. The second kappa shape index (κ2) is 10.3. The monoisotopic (exact) mass is 459 g/mol. The van der Waals surface area contributed by atoms with Crippen LogP contribution in [-0.4, -0.2) is 43.6 Å². The molecule has 0 aliphatic carbocycles. The highest BCUT2D eigenvalue weighted by molar-refractivity contribution is 7.14. The summed E-state index contributed by atoms with van der Waals surface area (Å²) in [6.45, 7) is 9.62. The van der Waals surface area contributed by atoms with E-state index >= 15 is 0 Å². The Morgan fingerprint density at radius 1 is 1.10 bits per heavy atom. The minimum absolute atomic E-state index is 0. The maximum Gasteiger partial charge on any atom is 0.275 e. The average Bonchev–Trinajstić information content (AvgIpc) is 3.51. The van der Waals surface area contributed by atoms with Crippen molar-refractivity contribution in [2.45, 2.75) is 26.8 Å². The molecule has 1 amide bonds. The lowest BCUT2D eigenvalue weighted by Crippen LogP contribution is -2.43. The van der Waals surface area contributed by atoms with Gasteiger partial charge in [-0.1, -0.05) is 26.0 Å². The van der Waals surface area contributed by atoms with Crippen molar-refractivity contribution in [1.82, 2.24) is 10.3 Å². The number of thiophene rings is 1. The predicted octanol–water partition coefficient (Wildman–Crippen LogP) is 4.95. The zero-order valence-electron chi connectivity index (χ0n) is 18.1. The molecule has 0 radical (unpaired) electrons. The van der Waals surface area contributed by atoms with Crippen LogP contribution in [0.2, 0.25) is 0 Å². The summed E-state index contributed by atoms with van der Waals surface area (Å²) in [5.74, 6) is -0.150. The number of hydrogen-bond donors (Lipinski definition) is 2. The van der Waals surface area contributed by atoms with Gasteiger partial charge < -0.3 is 20.4 Å². The van der Waals surface area contributed by atoms with Gasteiger partial charge in [0.05, 0.1) is 11.4 Å². The van der Waals surface area contributed by atoms with E-state index in [4.69, 9.17) is 0 Å². The maximum absolute atomic E-state index is 12.9. The number of nitrogens with zero attached hydrogens (tertiary/aromatic N) is 3. The third kappa shape index (κ3) is 4.92. The fourth-order valence-corrected chi connectivity index (χ4v) is 5.60. The lowest BCUT2D eigenvalue weighted by molar-refractivity contribution is 0.102. The van der Waals surface area contributed by atoms with E-state index in [9.17, 15) is 4.79 Å². The van der Waals surface area contributed by atoms with Crippen molar-refractivity contribution in [3.63, 3.8) is 0 Å². The molecule has 31 heavy (non-hydrogen) atoms. The molecule has 2 N–H and O–H groups in total. The highest BCUT2D eigenvalue weighted by atomic mass is 32.1. The van der Waals surface area contributed by atoms with Crippen molar-refractivity contribution < 1.29 is 7.65 Å². The molecule has 5 rings (SSSR count). The third-order valence-corrected chi connectivity index (χ3v) is 7.34. The smallest absolute Gasteiger partial charge is 0.275 e. The lowest BCUT2D eigenvalue weighted by atomic mass is 10.1. The molecule has 0 spiro atoms. The second-order valence-corrected chi connectivity index (χ2v) is 9.10. The molecule has 2 aliphatic rings. The Balaban J connectivity index is 0.000000939. The number of carbonyl (C=O) groups excluding carboxylic acids is 1. The van der Waals surface area contributed by atoms with Crippen molar-refractivity contribution in [2.75, 3.05) is 47.8 Å². The molecular weight excluding hydrogens is 426 g/mol. The van der Waals surface area contributed by atoms with E-state index in [-0.39, 0.29) is 8.76 Å². The van der Waals surface area contributed by atoms with Crippen LogP contribution < -0.4 is 20.4 Å². The number of carbonyl (C=O) groups is 1. The van der Waals surface area contributed by atoms with Gasteiger partial charge in [0.2, 0.25) is 0 Å². The molecule has 0 atom stereocenters. The summed E-state index contributed by atoms with van der Waals surface area (Å²) < 4.78 is 0. The topological polar surface area (TPSA) is 60.5 Å². The van der Waals surface area contributed by atoms with Crippen LogP contribution in [0.25, 0.3) is 0 Å². The Kier molecular flexibility index (Phi) is 7.21. The second-order valence-electron chi connectivity index (χ2n) is 7.26. The average molecular weight is 460 g/mol. The standard InChI is InChI=1S/C21H23N5OS2.C2H6.2H2/c27-20(23-16-3-1-2-4-18(16)25-10-7-22-8-11-25)17-14-29-21(24-17)26-9-5-19-15(13-26)6-12-28-19;1-2;;/h1-4,6,12,14,22H,5,7-11,13H2,(H,23,27);1-2H3;2*1H. The first-order valence-electron chi connectivity index (χ1n) is 10.9. The Morgan fingerprint density at radius 2 is 1.90 bits per heavy atom. The molecule has 8 heteroatoms. The molecule has 0 saturated carbocycles. The first kappa shape index (κ1) is 21.8. The van der Waals surface area contributed by atoms with E-state index in [2.05, 4.69) is 42.9 Å². The molecule has 168 valence electrons. The maximum atomic E-state index is 12.9. The highest BCUT2D eigenvalue weighted by Crippen LogP contribution is 2.31. The summed E-state index contributed by atoms with van der Waals surface area (Å²) in [6, 6.07) is 10.2. The number of anilines is 3. The van der Waals surface area contributed by atoms with Crippen LogP contribution in [0.15, 0.2) is 41.1 Å². The number of para-hydroxylation sites is 2. The van der Waals surface area contributed by atoms with Crippen molar-refractivity contribution in [3.05, 3.63) is 57.2 Å². The normalized spacial score (nSPS) is 15.7. The molecule has 0 bridgehead atoms. The van der Waals surface area contributed by atoms with Crippen LogP contribution in [0.5, 0.6) is 0 Å². The minimum Gasteiger partial charge on any atom is -0.367 e. The van der Waals surface area contributed by atoms with E-state index in [1.54, 1.807) is 11.3 Å². The summed E-state index contributed by atoms with van der Waals surface area (Å²) in [7, 11) is 0. The van der Waals surface area contributed by atoms with Crippen molar-refractivity contribution in [3.8, 4) is 0 Å². The summed E-state index contributed by atoms with van der Waals surface area (Å²) in [5.41, 5.74) is 3.78. The van der Waals surface area contributed by atoms with Crippen molar-refractivity contribution >= 4 is 45.1 Å². The van der Waals surface area contributed by atoms with Gasteiger partial charge in [0.15, 0.2) is 5.13 Å². The quantitative estimate of drug-likeness (QED) is 0.578. The van der Waals surface area contributed by atoms with Gasteiger partial charge in [0.25, 0.3) is 5.91 Å². The van der Waals surface area contributed by atoms with E-state index in [1.165, 1.54) is 10.4 Å². The number of nitrogens with one attached hydrogen (secondary N) is 2. The summed E-state index contributed by atoms with van der Waals surface area (Å²) in [6.07, 6.45) is 1.05. The molecule has 1 fully saturated rings. The number of rotatable bonds is 4. The largest absolute Gasteiger partial charge is 0.367 e. The Hall–Kier alpha value is -2.42. The summed E-state index contributed by atoms with van der Waals surface area (Å²) >= 11 is 3.37. The molecule has 2 aliphatic heterocycles. The van der Waals surface area contributed by atoms with Crippen LogP contribution in [0, 0.1) is 0 Å². The number of piperazine rings is 1. The van der Waals surface area contributed by atoms with Gasteiger partial charge in [0, 0.05) is 52.4 Å². The summed E-state index contributed by atoms with van der Waals surface area (Å²) in [4.78, 5) is 23.6. The van der Waals surface area contributed by atoms with E-state index < -0.39 is 0 Å². The third-order valence-electron chi connectivity index (χ3n) is 5.41. The van der Waals surface area contributed by atoms with Crippen LogP contribution in [-0.2, 0) is 13.0 Å². The van der Waals surface area contributed by atoms with E-state index in [1.807, 2.05) is 48.8 Å². The zero-order valence-corrected chi connectivity index (χ0v) is 19.7. The fourth-order valence-electron chi connectivity index (χ4n) is 3.87. The van der Waals surface area contributed by atoms with Gasteiger partial charge in [-0.05, 0) is 35.6 Å². The summed E-state index contributed by atoms with van der Waals surface area (Å²) in [5, 5.41) is 11.4. The van der Waals surface area contributed by atoms with Crippen molar-refractivity contribution in [2.24, 2.45) is 0 Å². The SMILES string of the molecule is CC.O=C(Nc1ccccc1N1CCNCC1)c1csc(N2CCc3sccc3C2)n1.[HH].[HH]. The van der Waals surface area contributed by atoms with Crippen molar-refractivity contribution in [1.29, 1.82) is 0 Å². The molecule has 3 aromatic rings. The molecule has 6 nitrogen and oxygen atoms in total. The van der Waals surface area contributed by atoms with Crippen LogP contribution in [0.4, 0.5) is 16.5 Å². The molecular formula is C23H33N5OS2. The zero-order chi connectivity index (χ0) is 21.6. The van der Waals surface area contributed by atoms with Gasteiger partial charge in [-0.3, -0.25) is 4.79 Å². The van der Waals surface area contributed by atoms with E-state index in [0.29, 0.717) is 5.69 Å². The Morgan fingerprint density at radius 3 is 2.74 bits per heavy atom. The number of fused-ring (bicyclic) bond motifs is 1. The minimum atomic E-state index is -0.150. The predicted molar refractivity (Wildman–Crippen MR) is 136 cm³/mol. The molecule has 2 aromatic heterocycles. The van der Waals surface area contributed by atoms with Gasteiger partial charge in [-0.25, -0.2) is 4.98 Å². The number of amides is 1. The van der Waals surface area contributed by atoms with Gasteiger partial charge >= 0.3 is 0 Å². The molecule has 4 heterocycles. The van der Waals surface area contributed by atoms with E-state index in [0.717, 1.165) is 62.2 Å². The van der Waals surface area contributed by atoms with Crippen LogP contribution in [0.3, 0.4) is 0 Å². The first-order chi connectivity index (χ1) is 15.3. The van der Waals surface area contributed by atoms with Crippen LogP contribution >= 0.6 is 22.7 Å². The van der Waals surface area contributed by atoms with Gasteiger partial charge in [0.1, 0.15) is 5.69 Å². The lowest BCUT2D eigenvalue weighted by Gasteiger charge is -2.31. The van der Waals surface area contributed by atoms with Crippen LogP contribution in [0.1, 0.15) is 37.6 Å². The van der Waals surface area contributed by atoms with Gasteiger partial charge in [-0.15, -0.1) is 22.7 Å². The Bertz CT molecular complexity index is 1020. The fraction of sp³-hybridized carbons (Fsp3) is 0.391. The Labute approximate surface area is 194 Å². The molecule has 0 unspecified atom stereocenters. The number of hydrogen-bond acceptors (Lipinski definition) is 7. The number of aromatic nitrogens is 1. The molecule has 1 aromatic carbocycles.